The molecule has 21 heavy (non-hydrogen) atoms. The van der Waals surface area contributed by atoms with Crippen LogP contribution in [0.4, 0.5) is 5.82 Å². The van der Waals surface area contributed by atoms with Crippen LogP contribution in [0.5, 0.6) is 0 Å². The third-order valence-electron chi connectivity index (χ3n) is 3.91. The van der Waals surface area contributed by atoms with E-state index >= 15 is 0 Å². The maximum absolute atomic E-state index is 9.29. The molecule has 0 saturated carbocycles. The van der Waals surface area contributed by atoms with E-state index < -0.39 is 0 Å². The lowest BCUT2D eigenvalue weighted by atomic mass is 9.96. The molecule has 0 aromatic carbocycles. The first-order valence-corrected chi connectivity index (χ1v) is 7.55. The SMILES string of the molecule is Cc1nc2c(c(NC(CCO)c3ccco3)n1)CCCC2. The smallest absolute Gasteiger partial charge is 0.133 e. The summed E-state index contributed by atoms with van der Waals surface area (Å²) in [5, 5.41) is 12.7. The Balaban J connectivity index is 1.90. The Morgan fingerprint density at radius 2 is 2.19 bits per heavy atom. The monoisotopic (exact) mass is 287 g/mol. The first kappa shape index (κ1) is 14.1. The fraction of sp³-hybridized carbons (Fsp3) is 0.500. The van der Waals surface area contributed by atoms with Gasteiger partial charge in [0.25, 0.3) is 0 Å². The second-order valence-electron chi connectivity index (χ2n) is 5.48. The molecular formula is C16H21N3O2. The van der Waals surface area contributed by atoms with Gasteiger partial charge in [0, 0.05) is 17.9 Å². The second kappa shape index (κ2) is 6.26. The quantitative estimate of drug-likeness (QED) is 0.884. The first-order chi connectivity index (χ1) is 10.3. The summed E-state index contributed by atoms with van der Waals surface area (Å²) >= 11 is 0. The summed E-state index contributed by atoms with van der Waals surface area (Å²) in [5.74, 6) is 2.51. The molecule has 0 spiro atoms. The number of aryl methyl sites for hydroxylation is 2. The van der Waals surface area contributed by atoms with Crippen molar-refractivity contribution in [2.75, 3.05) is 11.9 Å². The van der Waals surface area contributed by atoms with Crippen molar-refractivity contribution in [1.82, 2.24) is 9.97 Å². The van der Waals surface area contributed by atoms with Gasteiger partial charge in [-0.2, -0.15) is 0 Å². The largest absolute Gasteiger partial charge is 0.467 e. The van der Waals surface area contributed by atoms with Gasteiger partial charge >= 0.3 is 0 Å². The molecule has 1 atom stereocenters. The van der Waals surface area contributed by atoms with Crippen LogP contribution in [0.3, 0.4) is 0 Å². The number of hydrogen-bond donors (Lipinski definition) is 2. The molecule has 1 aliphatic rings. The molecule has 0 saturated heterocycles. The summed E-state index contributed by atoms with van der Waals surface area (Å²) in [7, 11) is 0. The lowest BCUT2D eigenvalue weighted by Gasteiger charge is -2.22. The van der Waals surface area contributed by atoms with Gasteiger partial charge in [0.1, 0.15) is 17.4 Å². The van der Waals surface area contributed by atoms with Crippen LogP contribution in [-0.2, 0) is 12.8 Å². The third-order valence-corrected chi connectivity index (χ3v) is 3.91. The van der Waals surface area contributed by atoms with E-state index in [0.717, 1.165) is 30.2 Å². The maximum Gasteiger partial charge on any atom is 0.133 e. The van der Waals surface area contributed by atoms with Crippen molar-refractivity contribution < 1.29 is 9.52 Å². The Morgan fingerprint density at radius 3 is 2.95 bits per heavy atom. The predicted octanol–water partition coefficient (Wildman–Crippen LogP) is 2.79. The predicted molar refractivity (Wildman–Crippen MR) is 80.2 cm³/mol. The summed E-state index contributed by atoms with van der Waals surface area (Å²) in [6, 6.07) is 3.72. The topological polar surface area (TPSA) is 71.2 Å². The van der Waals surface area contributed by atoms with Crippen LogP contribution >= 0.6 is 0 Å². The van der Waals surface area contributed by atoms with Crippen molar-refractivity contribution >= 4 is 5.82 Å². The van der Waals surface area contributed by atoms with E-state index in [4.69, 9.17) is 4.42 Å². The molecule has 2 aromatic heterocycles. The number of fused-ring (bicyclic) bond motifs is 1. The van der Waals surface area contributed by atoms with Crippen molar-refractivity contribution in [2.45, 2.75) is 45.1 Å². The molecule has 0 aliphatic heterocycles. The van der Waals surface area contributed by atoms with Gasteiger partial charge in [-0.05, 0) is 51.2 Å². The van der Waals surface area contributed by atoms with E-state index in [0.29, 0.717) is 6.42 Å². The van der Waals surface area contributed by atoms with Gasteiger partial charge in [-0.1, -0.05) is 0 Å². The minimum Gasteiger partial charge on any atom is -0.467 e. The number of furan rings is 1. The average molecular weight is 287 g/mol. The number of hydrogen-bond acceptors (Lipinski definition) is 5. The lowest BCUT2D eigenvalue weighted by molar-refractivity contribution is 0.273. The van der Waals surface area contributed by atoms with E-state index in [1.54, 1.807) is 6.26 Å². The Bertz CT molecular complexity index is 596. The standard InChI is InChI=1S/C16H21N3O2/c1-11-17-13-6-3-2-5-12(13)16(18-11)19-14(8-9-20)15-7-4-10-21-15/h4,7,10,14,20H,2-3,5-6,8-9H2,1H3,(H,17,18,19). The van der Waals surface area contributed by atoms with Crippen molar-refractivity contribution in [3.05, 3.63) is 41.2 Å². The number of aliphatic hydroxyl groups is 1. The fourth-order valence-corrected chi connectivity index (χ4v) is 2.91. The number of nitrogens with zero attached hydrogens (tertiary/aromatic N) is 2. The number of anilines is 1. The zero-order valence-electron chi connectivity index (χ0n) is 12.3. The van der Waals surface area contributed by atoms with E-state index in [9.17, 15) is 5.11 Å². The molecule has 5 heteroatoms. The molecule has 1 aliphatic carbocycles. The average Bonchev–Trinajstić information content (AvgIpc) is 3.00. The van der Waals surface area contributed by atoms with Crippen LogP contribution in [-0.4, -0.2) is 21.7 Å². The number of aliphatic hydroxyl groups excluding tert-OH is 1. The molecular weight excluding hydrogens is 266 g/mol. The molecule has 0 fully saturated rings. The third kappa shape index (κ3) is 3.08. The van der Waals surface area contributed by atoms with Gasteiger partial charge in [-0.25, -0.2) is 9.97 Å². The highest BCUT2D eigenvalue weighted by Gasteiger charge is 2.21. The van der Waals surface area contributed by atoms with Crippen LogP contribution in [0.15, 0.2) is 22.8 Å². The highest BCUT2D eigenvalue weighted by atomic mass is 16.3. The van der Waals surface area contributed by atoms with Crippen molar-refractivity contribution in [2.24, 2.45) is 0 Å². The summed E-state index contributed by atoms with van der Waals surface area (Å²) in [6.07, 6.45) is 6.66. The van der Waals surface area contributed by atoms with E-state index in [2.05, 4.69) is 15.3 Å². The van der Waals surface area contributed by atoms with E-state index in [1.165, 1.54) is 24.1 Å². The molecule has 0 radical (unpaired) electrons. The maximum atomic E-state index is 9.29. The van der Waals surface area contributed by atoms with Gasteiger partial charge < -0.3 is 14.8 Å². The van der Waals surface area contributed by atoms with Crippen molar-refractivity contribution in [3.63, 3.8) is 0 Å². The van der Waals surface area contributed by atoms with Crippen LogP contribution in [0.2, 0.25) is 0 Å². The molecule has 2 aromatic rings. The molecule has 5 nitrogen and oxygen atoms in total. The fourth-order valence-electron chi connectivity index (χ4n) is 2.91. The highest BCUT2D eigenvalue weighted by Crippen LogP contribution is 2.29. The zero-order chi connectivity index (χ0) is 14.7. The van der Waals surface area contributed by atoms with Gasteiger partial charge in [0.15, 0.2) is 0 Å². The second-order valence-corrected chi connectivity index (χ2v) is 5.48. The molecule has 3 rings (SSSR count). The normalized spacial score (nSPS) is 15.5. The van der Waals surface area contributed by atoms with Crippen LogP contribution in [0, 0.1) is 6.92 Å². The molecule has 0 bridgehead atoms. The number of rotatable bonds is 5. The van der Waals surface area contributed by atoms with Gasteiger partial charge in [-0.3, -0.25) is 0 Å². The molecule has 0 amide bonds. The highest BCUT2D eigenvalue weighted by molar-refractivity contribution is 5.49. The summed E-state index contributed by atoms with van der Waals surface area (Å²) in [5.41, 5.74) is 2.39. The van der Waals surface area contributed by atoms with Crippen LogP contribution in [0.25, 0.3) is 0 Å². The molecule has 2 heterocycles. The minimum absolute atomic E-state index is 0.0645. The van der Waals surface area contributed by atoms with Gasteiger partial charge in [-0.15, -0.1) is 0 Å². The van der Waals surface area contributed by atoms with Gasteiger partial charge in [0.05, 0.1) is 12.3 Å². The first-order valence-electron chi connectivity index (χ1n) is 7.55. The van der Waals surface area contributed by atoms with Crippen molar-refractivity contribution in [1.29, 1.82) is 0 Å². The van der Waals surface area contributed by atoms with E-state index in [-0.39, 0.29) is 12.6 Å². The Morgan fingerprint density at radius 1 is 1.33 bits per heavy atom. The molecule has 2 N–H and O–H groups in total. The van der Waals surface area contributed by atoms with Crippen LogP contribution in [0.1, 0.15) is 48.1 Å². The summed E-state index contributed by atoms with van der Waals surface area (Å²) in [4.78, 5) is 9.14. The van der Waals surface area contributed by atoms with E-state index in [1.807, 2.05) is 19.1 Å². The zero-order valence-corrected chi connectivity index (χ0v) is 12.3. The summed E-state index contributed by atoms with van der Waals surface area (Å²) < 4.78 is 5.48. The number of nitrogens with one attached hydrogen (secondary N) is 1. The van der Waals surface area contributed by atoms with Gasteiger partial charge in [0.2, 0.25) is 0 Å². The van der Waals surface area contributed by atoms with Crippen LogP contribution < -0.4 is 5.32 Å². The minimum atomic E-state index is -0.0645. The Hall–Kier alpha value is -1.88. The lowest BCUT2D eigenvalue weighted by Crippen LogP contribution is -2.18. The summed E-state index contributed by atoms with van der Waals surface area (Å²) in [6.45, 7) is 2.03. The number of aromatic nitrogens is 2. The Labute approximate surface area is 124 Å². The molecule has 112 valence electrons. The Kier molecular flexibility index (Phi) is 4.20. The molecule has 1 unspecified atom stereocenters. The van der Waals surface area contributed by atoms with Crippen molar-refractivity contribution in [3.8, 4) is 0 Å².